The Hall–Kier alpha value is -2.66. The number of ether oxygens (including phenoxy) is 1. The molecule has 3 rings (SSSR count). The average Bonchev–Trinajstić information content (AvgIpc) is 2.71. The number of thioether (sulfide) groups is 2. The van der Waals surface area contributed by atoms with Gasteiger partial charge in [0.2, 0.25) is 5.91 Å². The molecule has 0 aromatic heterocycles. The summed E-state index contributed by atoms with van der Waals surface area (Å²) >= 11 is 2.20. The van der Waals surface area contributed by atoms with E-state index in [-0.39, 0.29) is 29.5 Å². The van der Waals surface area contributed by atoms with Gasteiger partial charge in [-0.1, -0.05) is 23.9 Å². The zero-order valence-electron chi connectivity index (χ0n) is 15.6. The van der Waals surface area contributed by atoms with Crippen molar-refractivity contribution in [3.63, 3.8) is 0 Å². The van der Waals surface area contributed by atoms with Gasteiger partial charge in [0.15, 0.2) is 5.70 Å². The van der Waals surface area contributed by atoms with E-state index in [1.807, 2.05) is 0 Å². The third-order valence-electron chi connectivity index (χ3n) is 4.45. The lowest BCUT2D eigenvalue weighted by Gasteiger charge is -2.49. The van der Waals surface area contributed by atoms with E-state index in [2.05, 4.69) is 10.6 Å². The molecule has 1 aromatic carbocycles. The van der Waals surface area contributed by atoms with Crippen molar-refractivity contribution in [3.05, 3.63) is 41.2 Å². The van der Waals surface area contributed by atoms with Crippen molar-refractivity contribution in [1.29, 1.82) is 0 Å². The van der Waals surface area contributed by atoms with Crippen LogP contribution in [-0.4, -0.2) is 63.6 Å². The molecule has 29 heavy (non-hydrogen) atoms. The van der Waals surface area contributed by atoms with Gasteiger partial charge in [0.1, 0.15) is 17.2 Å². The van der Waals surface area contributed by atoms with E-state index in [9.17, 15) is 24.3 Å². The Balaban J connectivity index is 1.67. The van der Waals surface area contributed by atoms with E-state index in [0.717, 1.165) is 22.2 Å². The third kappa shape index (κ3) is 4.35. The van der Waals surface area contributed by atoms with Crippen molar-refractivity contribution in [1.82, 2.24) is 15.5 Å². The maximum absolute atomic E-state index is 12.5. The molecule has 1 unspecified atom stereocenters. The monoisotopic (exact) mass is 437 g/mol. The Morgan fingerprint density at radius 2 is 2.00 bits per heavy atom. The van der Waals surface area contributed by atoms with Crippen LogP contribution in [0.25, 0.3) is 0 Å². The van der Waals surface area contributed by atoms with Gasteiger partial charge < -0.3 is 20.5 Å². The smallest absolute Gasteiger partial charge is 0.354 e. The SMILES string of the molecule is COc1ccc(CC(=O)NC2C(=O)N3C(C(=O)O)=C(NC(=O)SC)CS[C@H]23)cc1. The van der Waals surface area contributed by atoms with Gasteiger partial charge >= 0.3 is 5.97 Å². The van der Waals surface area contributed by atoms with Gasteiger partial charge in [0.25, 0.3) is 11.1 Å². The number of nitrogens with one attached hydrogen (secondary N) is 2. The van der Waals surface area contributed by atoms with Crippen LogP contribution in [0.4, 0.5) is 4.79 Å². The number of rotatable bonds is 6. The van der Waals surface area contributed by atoms with Crippen molar-refractivity contribution < 1.29 is 29.0 Å². The lowest BCUT2D eigenvalue weighted by Crippen LogP contribution is -2.71. The molecule has 3 N–H and O–H groups in total. The van der Waals surface area contributed by atoms with Crippen LogP contribution >= 0.6 is 23.5 Å². The second kappa shape index (κ2) is 8.78. The number of hydrogen-bond acceptors (Lipinski definition) is 7. The van der Waals surface area contributed by atoms with Gasteiger partial charge in [0, 0.05) is 5.75 Å². The standard InChI is InChI=1S/C18H19N3O6S2/c1-27-10-5-3-9(4-6-10)7-12(22)20-13-15(23)21-14(17(24)25)11(8-29-16(13)21)19-18(26)28-2/h3-6,13,16H,7-8H2,1-2H3,(H,19,26)(H,20,22)(H,24,25)/t13?,16-/m1/s1. The highest BCUT2D eigenvalue weighted by Crippen LogP contribution is 2.39. The second-order valence-corrected chi connectivity index (χ2v) is 8.11. The number of nitrogens with zero attached hydrogens (tertiary/aromatic N) is 1. The summed E-state index contributed by atoms with van der Waals surface area (Å²) in [5.74, 6) is -1.26. The zero-order valence-corrected chi connectivity index (χ0v) is 17.3. The first-order valence-corrected chi connectivity index (χ1v) is 10.8. The highest BCUT2D eigenvalue weighted by molar-refractivity contribution is 8.13. The van der Waals surface area contributed by atoms with E-state index < -0.39 is 28.5 Å². The summed E-state index contributed by atoms with van der Waals surface area (Å²) < 4.78 is 5.07. The van der Waals surface area contributed by atoms with Crippen LogP contribution < -0.4 is 15.4 Å². The lowest BCUT2D eigenvalue weighted by molar-refractivity contribution is -0.150. The number of carboxylic acid groups (broad SMARTS) is 1. The number of amides is 3. The molecule has 2 heterocycles. The molecule has 3 amide bonds. The van der Waals surface area contributed by atoms with Crippen LogP contribution in [0.3, 0.4) is 0 Å². The molecule has 9 nitrogen and oxygen atoms in total. The number of methoxy groups -OCH3 is 1. The fraction of sp³-hybridized carbons (Fsp3) is 0.333. The number of aliphatic carboxylic acids is 1. The van der Waals surface area contributed by atoms with Gasteiger partial charge in [-0.2, -0.15) is 0 Å². The zero-order chi connectivity index (χ0) is 21.1. The number of β-lactam (4-membered cyclic amide) rings is 1. The molecule has 11 heteroatoms. The molecule has 2 atom stereocenters. The van der Waals surface area contributed by atoms with Crippen molar-refractivity contribution in [2.75, 3.05) is 19.1 Å². The third-order valence-corrected chi connectivity index (χ3v) is 6.20. The number of carbonyl (C=O) groups is 4. The minimum Gasteiger partial charge on any atom is -0.497 e. The largest absolute Gasteiger partial charge is 0.497 e. The summed E-state index contributed by atoms with van der Waals surface area (Å²) in [6.07, 6.45) is 1.65. The molecule has 0 spiro atoms. The van der Waals surface area contributed by atoms with Gasteiger partial charge in [0.05, 0.1) is 19.2 Å². The van der Waals surface area contributed by atoms with Crippen LogP contribution in [-0.2, 0) is 20.8 Å². The van der Waals surface area contributed by atoms with E-state index in [4.69, 9.17) is 4.74 Å². The minimum atomic E-state index is -1.30. The summed E-state index contributed by atoms with van der Waals surface area (Å²) in [6, 6.07) is 6.19. The van der Waals surface area contributed by atoms with Crippen LogP contribution in [0.5, 0.6) is 5.75 Å². The topological polar surface area (TPSA) is 125 Å². The molecule has 1 fully saturated rings. The summed E-state index contributed by atoms with van der Waals surface area (Å²) in [5, 5.41) is 13.8. The van der Waals surface area contributed by atoms with Gasteiger partial charge in [-0.05, 0) is 24.0 Å². The molecule has 0 aliphatic carbocycles. The van der Waals surface area contributed by atoms with Crippen LogP contribution in [0.1, 0.15) is 5.56 Å². The van der Waals surface area contributed by atoms with E-state index in [1.165, 1.54) is 11.8 Å². The predicted octanol–water partition coefficient (Wildman–Crippen LogP) is 1.01. The number of carboxylic acids is 1. The first-order valence-electron chi connectivity index (χ1n) is 8.54. The number of carbonyl (C=O) groups excluding carboxylic acids is 3. The fourth-order valence-electron chi connectivity index (χ4n) is 3.04. The van der Waals surface area contributed by atoms with Gasteiger partial charge in [-0.3, -0.25) is 19.3 Å². The number of benzene rings is 1. The Morgan fingerprint density at radius 3 is 2.59 bits per heavy atom. The van der Waals surface area contributed by atoms with E-state index in [0.29, 0.717) is 5.75 Å². The van der Waals surface area contributed by atoms with Crippen LogP contribution in [0, 0.1) is 0 Å². The van der Waals surface area contributed by atoms with E-state index in [1.54, 1.807) is 37.6 Å². The second-order valence-electron chi connectivity index (χ2n) is 6.23. The summed E-state index contributed by atoms with van der Waals surface area (Å²) in [6.45, 7) is 0. The molecular weight excluding hydrogens is 418 g/mol. The molecule has 2 aliphatic rings. The highest BCUT2D eigenvalue weighted by Gasteiger charge is 2.54. The van der Waals surface area contributed by atoms with Crippen molar-refractivity contribution in [2.45, 2.75) is 17.8 Å². The quantitative estimate of drug-likeness (QED) is 0.563. The Bertz CT molecular complexity index is 886. The fourth-order valence-corrected chi connectivity index (χ4v) is 4.55. The van der Waals surface area contributed by atoms with E-state index >= 15 is 0 Å². The van der Waals surface area contributed by atoms with Gasteiger partial charge in [-0.15, -0.1) is 11.8 Å². The first kappa shape index (κ1) is 21.1. The number of hydrogen-bond donors (Lipinski definition) is 3. The van der Waals surface area contributed by atoms with Crippen molar-refractivity contribution in [3.8, 4) is 5.75 Å². The Kier molecular flexibility index (Phi) is 6.38. The molecule has 0 radical (unpaired) electrons. The molecule has 2 aliphatic heterocycles. The maximum atomic E-state index is 12.5. The molecular formula is C18H19N3O6S2. The molecule has 154 valence electrons. The first-order chi connectivity index (χ1) is 13.8. The highest BCUT2D eigenvalue weighted by atomic mass is 32.2. The van der Waals surface area contributed by atoms with Crippen molar-refractivity contribution in [2.24, 2.45) is 0 Å². The summed E-state index contributed by atoms with van der Waals surface area (Å²) in [5.41, 5.74) is 0.688. The van der Waals surface area contributed by atoms with Gasteiger partial charge in [-0.25, -0.2) is 4.79 Å². The molecule has 0 saturated carbocycles. The van der Waals surface area contributed by atoms with Crippen LogP contribution in [0.15, 0.2) is 35.7 Å². The molecule has 1 aromatic rings. The Morgan fingerprint density at radius 1 is 1.31 bits per heavy atom. The Labute approximate surface area is 175 Å². The maximum Gasteiger partial charge on any atom is 0.354 e. The molecule has 1 saturated heterocycles. The lowest BCUT2D eigenvalue weighted by atomic mass is 10.0. The summed E-state index contributed by atoms with van der Waals surface area (Å²) in [7, 11) is 1.55. The molecule has 0 bridgehead atoms. The normalized spacial score (nSPS) is 20.5. The number of fused-ring (bicyclic) bond motifs is 1. The predicted molar refractivity (Wildman–Crippen MR) is 108 cm³/mol. The van der Waals surface area contributed by atoms with Crippen molar-refractivity contribution >= 4 is 46.5 Å². The van der Waals surface area contributed by atoms with Crippen LogP contribution in [0.2, 0.25) is 0 Å². The minimum absolute atomic E-state index is 0.0851. The summed E-state index contributed by atoms with van der Waals surface area (Å²) in [4.78, 5) is 49.3. The average molecular weight is 437 g/mol.